The Bertz CT molecular complexity index is 425. The molecule has 0 radical (unpaired) electrons. The third kappa shape index (κ3) is 5.71. The first kappa shape index (κ1) is 20.6. The monoisotopic (exact) mass is 355 g/mol. The fraction of sp³-hybridized carbons (Fsp3) is 0.692. The molecule has 1 aromatic heterocycles. The van der Waals surface area contributed by atoms with Gasteiger partial charge in [0.25, 0.3) is 0 Å². The summed E-state index contributed by atoms with van der Waals surface area (Å²) in [4.78, 5) is 14.1. The molecule has 1 aromatic rings. The van der Waals surface area contributed by atoms with Gasteiger partial charge in [-0.15, -0.1) is 24.8 Å². The Balaban J connectivity index is 0.00000200. The van der Waals surface area contributed by atoms with Gasteiger partial charge in [0.2, 0.25) is 0 Å². The van der Waals surface area contributed by atoms with E-state index >= 15 is 0 Å². The third-order valence-corrected chi connectivity index (χ3v) is 4.68. The van der Waals surface area contributed by atoms with Crippen molar-refractivity contribution < 1.29 is 4.92 Å². The van der Waals surface area contributed by atoms with E-state index in [9.17, 15) is 10.1 Å². The van der Waals surface area contributed by atoms with Crippen molar-refractivity contribution in [2.75, 3.05) is 26.2 Å². The van der Waals surface area contributed by atoms with E-state index in [0.29, 0.717) is 6.04 Å². The lowest BCUT2D eigenvalue weighted by Crippen LogP contribution is -2.45. The number of thiophene rings is 1. The molecule has 0 aromatic carbocycles. The summed E-state index contributed by atoms with van der Waals surface area (Å²) < 4.78 is 0. The van der Waals surface area contributed by atoms with Crippen LogP contribution in [0, 0.1) is 10.1 Å². The average molecular weight is 356 g/mol. The minimum absolute atomic E-state index is 0. The number of rotatable bonds is 6. The molecule has 1 fully saturated rings. The Labute approximate surface area is 142 Å². The van der Waals surface area contributed by atoms with E-state index in [1.165, 1.54) is 17.8 Å². The van der Waals surface area contributed by atoms with Crippen molar-refractivity contribution in [3.63, 3.8) is 0 Å². The van der Waals surface area contributed by atoms with Crippen LogP contribution in [-0.2, 0) is 0 Å². The van der Waals surface area contributed by atoms with E-state index in [4.69, 9.17) is 0 Å². The molecule has 0 bridgehead atoms. The van der Waals surface area contributed by atoms with Gasteiger partial charge in [-0.3, -0.25) is 15.0 Å². The Morgan fingerprint density at radius 1 is 1.38 bits per heavy atom. The molecule has 0 saturated carbocycles. The molecule has 1 aliphatic heterocycles. The summed E-state index contributed by atoms with van der Waals surface area (Å²) in [6.07, 6.45) is 3.42. The molecule has 0 unspecified atom stereocenters. The topological polar surface area (TPSA) is 58.4 Å². The summed E-state index contributed by atoms with van der Waals surface area (Å²) in [5, 5.41) is 14.4. The first-order valence-electron chi connectivity index (χ1n) is 6.91. The molecule has 8 heteroatoms. The number of nitrogens with zero attached hydrogens (tertiary/aromatic N) is 2. The molecule has 122 valence electrons. The van der Waals surface area contributed by atoms with Gasteiger partial charge >= 0.3 is 5.00 Å². The predicted molar refractivity (Wildman–Crippen MR) is 92.2 cm³/mol. The zero-order valence-corrected chi connectivity index (χ0v) is 14.6. The maximum atomic E-state index is 10.8. The number of unbranched alkanes of at least 4 members (excludes halogenated alkanes) is 1. The largest absolute Gasteiger partial charge is 0.324 e. The first-order valence-corrected chi connectivity index (χ1v) is 7.73. The smallest absolute Gasteiger partial charge is 0.314 e. The van der Waals surface area contributed by atoms with Crippen molar-refractivity contribution in [1.29, 1.82) is 0 Å². The van der Waals surface area contributed by atoms with Crippen LogP contribution in [-0.4, -0.2) is 36.0 Å². The van der Waals surface area contributed by atoms with E-state index in [2.05, 4.69) is 17.1 Å². The molecular formula is C13H23Cl2N3O2S. The van der Waals surface area contributed by atoms with Crippen LogP contribution in [0.15, 0.2) is 12.1 Å². The van der Waals surface area contributed by atoms with Gasteiger partial charge in [-0.05, 0) is 12.5 Å². The molecular weight excluding hydrogens is 333 g/mol. The highest BCUT2D eigenvalue weighted by molar-refractivity contribution is 7.15. The molecule has 2 heterocycles. The molecule has 1 aliphatic rings. The number of hydrogen-bond donors (Lipinski definition) is 1. The number of piperazine rings is 1. The van der Waals surface area contributed by atoms with E-state index in [0.717, 1.165) is 43.9 Å². The molecule has 5 nitrogen and oxygen atoms in total. The summed E-state index contributed by atoms with van der Waals surface area (Å²) in [6, 6.07) is 3.92. The molecule has 1 saturated heterocycles. The van der Waals surface area contributed by atoms with Gasteiger partial charge < -0.3 is 5.32 Å². The minimum Gasteiger partial charge on any atom is -0.314 e. The maximum Gasteiger partial charge on any atom is 0.324 e. The van der Waals surface area contributed by atoms with Gasteiger partial charge in [-0.2, -0.15) is 0 Å². The molecule has 1 atom stereocenters. The van der Waals surface area contributed by atoms with Crippen LogP contribution in [0.3, 0.4) is 0 Å². The highest BCUT2D eigenvalue weighted by Gasteiger charge is 2.24. The fourth-order valence-corrected chi connectivity index (χ4v) is 3.51. The Morgan fingerprint density at radius 3 is 2.57 bits per heavy atom. The highest BCUT2D eigenvalue weighted by atomic mass is 35.5. The van der Waals surface area contributed by atoms with Gasteiger partial charge in [0.15, 0.2) is 0 Å². The first-order chi connectivity index (χ1) is 9.22. The predicted octanol–water partition coefficient (Wildman–Crippen LogP) is 3.64. The second-order valence-electron chi connectivity index (χ2n) is 4.88. The number of halogens is 2. The summed E-state index contributed by atoms with van der Waals surface area (Å²) in [7, 11) is 0. The zero-order valence-electron chi connectivity index (χ0n) is 12.1. The molecule has 21 heavy (non-hydrogen) atoms. The van der Waals surface area contributed by atoms with Gasteiger partial charge in [-0.1, -0.05) is 31.1 Å². The molecule has 1 N–H and O–H groups in total. The minimum atomic E-state index is -0.289. The normalized spacial score (nSPS) is 16.6. The quantitative estimate of drug-likeness (QED) is 0.625. The van der Waals surface area contributed by atoms with E-state index in [-0.39, 0.29) is 34.7 Å². The van der Waals surface area contributed by atoms with Crippen LogP contribution in [0.4, 0.5) is 5.00 Å². The molecule has 0 spiro atoms. The molecule has 0 amide bonds. The van der Waals surface area contributed by atoms with E-state index in [1.807, 2.05) is 6.07 Å². The Morgan fingerprint density at radius 2 is 2.05 bits per heavy atom. The third-order valence-electron chi connectivity index (χ3n) is 3.54. The summed E-state index contributed by atoms with van der Waals surface area (Å²) >= 11 is 1.33. The van der Waals surface area contributed by atoms with Crippen LogP contribution in [0.2, 0.25) is 0 Å². The summed E-state index contributed by atoms with van der Waals surface area (Å²) in [5.74, 6) is 0. The van der Waals surface area contributed by atoms with Gasteiger partial charge in [0.05, 0.1) is 4.92 Å². The summed E-state index contributed by atoms with van der Waals surface area (Å²) in [6.45, 7) is 6.26. The molecule has 0 aliphatic carbocycles. The second kappa shape index (κ2) is 10.3. The number of nitro groups is 1. The second-order valence-corrected chi connectivity index (χ2v) is 5.97. The SMILES string of the molecule is CCCC[C@@H](c1ccc([N+](=O)[O-])s1)N1CCNCC1.Cl.Cl. The van der Waals surface area contributed by atoms with Gasteiger partial charge in [0, 0.05) is 43.2 Å². The van der Waals surface area contributed by atoms with Crippen LogP contribution in [0.5, 0.6) is 0 Å². The highest BCUT2D eigenvalue weighted by Crippen LogP contribution is 2.35. The Kier molecular flexibility index (Phi) is 10.1. The molecule has 2 rings (SSSR count). The van der Waals surface area contributed by atoms with Crippen molar-refractivity contribution in [3.8, 4) is 0 Å². The summed E-state index contributed by atoms with van der Waals surface area (Å²) in [5.41, 5.74) is 0. The van der Waals surface area contributed by atoms with E-state index in [1.54, 1.807) is 6.07 Å². The van der Waals surface area contributed by atoms with Crippen LogP contribution in [0.25, 0.3) is 0 Å². The van der Waals surface area contributed by atoms with E-state index < -0.39 is 0 Å². The lowest BCUT2D eigenvalue weighted by atomic mass is 10.1. The van der Waals surface area contributed by atoms with Crippen molar-refractivity contribution in [2.45, 2.75) is 32.2 Å². The van der Waals surface area contributed by atoms with Crippen molar-refractivity contribution in [2.24, 2.45) is 0 Å². The number of nitrogens with one attached hydrogen (secondary N) is 1. The van der Waals surface area contributed by atoms with Gasteiger partial charge in [-0.25, -0.2) is 0 Å². The van der Waals surface area contributed by atoms with Crippen molar-refractivity contribution in [1.82, 2.24) is 10.2 Å². The van der Waals surface area contributed by atoms with Gasteiger partial charge in [0.1, 0.15) is 0 Å². The lowest BCUT2D eigenvalue weighted by Gasteiger charge is -2.34. The van der Waals surface area contributed by atoms with Crippen LogP contribution in [0.1, 0.15) is 37.1 Å². The van der Waals surface area contributed by atoms with Crippen LogP contribution >= 0.6 is 36.2 Å². The standard InChI is InChI=1S/C13H21N3O2S.2ClH/c1-2-3-4-11(15-9-7-14-8-10-15)12-5-6-13(19-12)16(17)18;;/h5-6,11,14H,2-4,7-10H2,1H3;2*1H/t11-;;/m0../s1. The zero-order chi connectivity index (χ0) is 13.7. The van der Waals surface area contributed by atoms with Crippen LogP contribution < -0.4 is 5.32 Å². The fourth-order valence-electron chi connectivity index (χ4n) is 2.52. The van der Waals surface area contributed by atoms with Crippen molar-refractivity contribution >= 4 is 41.2 Å². The maximum absolute atomic E-state index is 10.8. The van der Waals surface area contributed by atoms with Crippen molar-refractivity contribution in [3.05, 3.63) is 27.1 Å². The number of hydrogen-bond acceptors (Lipinski definition) is 5. The lowest BCUT2D eigenvalue weighted by molar-refractivity contribution is -0.380. The Hall–Kier alpha value is -0.400. The average Bonchev–Trinajstić information content (AvgIpc) is 2.90.